The van der Waals surface area contributed by atoms with Gasteiger partial charge < -0.3 is 5.11 Å². The zero-order valence-corrected chi connectivity index (χ0v) is 9.38. The molecule has 2 aliphatic rings. The molecule has 0 amide bonds. The van der Waals surface area contributed by atoms with Gasteiger partial charge in [-0.25, -0.2) is 0 Å². The van der Waals surface area contributed by atoms with Gasteiger partial charge in [0.25, 0.3) is 0 Å². The minimum Gasteiger partial charge on any atom is -0.481 e. The molecule has 0 bridgehead atoms. The van der Waals surface area contributed by atoms with Crippen LogP contribution in [-0.4, -0.2) is 16.9 Å². The lowest BCUT2D eigenvalue weighted by molar-refractivity contribution is -0.166. The van der Waals surface area contributed by atoms with Gasteiger partial charge in [-0.05, 0) is 30.6 Å². The van der Waals surface area contributed by atoms with E-state index in [-0.39, 0.29) is 30.0 Å². The molecule has 2 fully saturated rings. The first-order valence-corrected chi connectivity index (χ1v) is 5.61. The monoisotopic (exact) mass is 210 g/mol. The zero-order valence-electron chi connectivity index (χ0n) is 9.38. The first-order valence-electron chi connectivity index (χ1n) is 5.61. The summed E-state index contributed by atoms with van der Waals surface area (Å²) >= 11 is 0. The van der Waals surface area contributed by atoms with Gasteiger partial charge in [0.2, 0.25) is 0 Å². The zero-order chi connectivity index (χ0) is 11.3. The number of carbonyl (C=O) groups excluding carboxylic acids is 1. The summed E-state index contributed by atoms with van der Waals surface area (Å²) in [5.41, 5.74) is -0.448. The second-order valence-electron chi connectivity index (χ2n) is 5.96. The van der Waals surface area contributed by atoms with Gasteiger partial charge >= 0.3 is 5.97 Å². The molecule has 0 aromatic carbocycles. The van der Waals surface area contributed by atoms with E-state index in [0.717, 1.165) is 19.3 Å². The van der Waals surface area contributed by atoms with Crippen molar-refractivity contribution >= 4 is 11.8 Å². The maximum absolute atomic E-state index is 11.3. The van der Waals surface area contributed by atoms with E-state index in [2.05, 4.69) is 13.8 Å². The molecular weight excluding hydrogens is 192 g/mol. The van der Waals surface area contributed by atoms with Gasteiger partial charge in [0.05, 0.1) is 5.41 Å². The summed E-state index contributed by atoms with van der Waals surface area (Å²) in [6.45, 7) is 4.37. The maximum Gasteiger partial charge on any atom is 0.310 e. The highest BCUT2D eigenvalue weighted by Crippen LogP contribution is 2.55. The van der Waals surface area contributed by atoms with Crippen molar-refractivity contribution in [3.8, 4) is 0 Å². The Morgan fingerprint density at radius 2 is 2.00 bits per heavy atom. The molecule has 0 aromatic heterocycles. The molecule has 0 spiro atoms. The summed E-state index contributed by atoms with van der Waals surface area (Å²) in [5, 5.41) is 9.28. The van der Waals surface area contributed by atoms with Crippen LogP contribution in [0.4, 0.5) is 0 Å². The molecule has 0 radical (unpaired) electrons. The first kappa shape index (κ1) is 10.7. The fourth-order valence-corrected chi connectivity index (χ4v) is 3.17. The Balaban J connectivity index is 2.15. The molecular formula is C12H18O3. The lowest BCUT2D eigenvalue weighted by Crippen LogP contribution is -2.49. The second kappa shape index (κ2) is 3.06. The van der Waals surface area contributed by atoms with E-state index in [0.29, 0.717) is 0 Å². The Morgan fingerprint density at radius 3 is 2.33 bits per heavy atom. The number of aliphatic carboxylic acids is 1. The fraction of sp³-hybridized carbons (Fsp3) is 0.833. The van der Waals surface area contributed by atoms with E-state index in [9.17, 15) is 14.7 Å². The Labute approximate surface area is 89.9 Å². The molecule has 1 N–H and O–H groups in total. The van der Waals surface area contributed by atoms with E-state index in [1.165, 1.54) is 0 Å². The highest BCUT2D eigenvalue weighted by molar-refractivity contribution is 5.97. The minimum absolute atomic E-state index is 0.113. The summed E-state index contributed by atoms with van der Waals surface area (Å²) in [6.07, 6.45) is 3.53. The minimum atomic E-state index is -0.759. The number of ketones is 1. The van der Waals surface area contributed by atoms with Crippen LogP contribution >= 0.6 is 0 Å². The van der Waals surface area contributed by atoms with Crippen molar-refractivity contribution in [3.05, 3.63) is 0 Å². The third-order valence-corrected chi connectivity index (χ3v) is 4.20. The number of hydrogen-bond donors (Lipinski definition) is 1. The molecule has 0 saturated heterocycles. The average molecular weight is 210 g/mol. The molecule has 1 atom stereocenters. The van der Waals surface area contributed by atoms with Gasteiger partial charge in [0, 0.05) is 12.8 Å². The number of carboxylic acid groups (broad SMARTS) is 1. The standard InChI is InChI=1S/C12H18O3/c1-11(2)4-3-8(5-11)12(10(14)15)6-9(13)7-12/h8H,3-7H2,1-2H3,(H,14,15). The van der Waals surface area contributed by atoms with Crippen LogP contribution in [0.3, 0.4) is 0 Å². The Morgan fingerprint density at radius 1 is 1.40 bits per heavy atom. The molecule has 2 aliphatic carbocycles. The fourth-order valence-electron chi connectivity index (χ4n) is 3.17. The van der Waals surface area contributed by atoms with Crippen molar-refractivity contribution in [3.63, 3.8) is 0 Å². The predicted octanol–water partition coefficient (Wildman–Crippen LogP) is 2.25. The molecule has 15 heavy (non-hydrogen) atoms. The quantitative estimate of drug-likeness (QED) is 0.760. The molecule has 84 valence electrons. The average Bonchev–Trinajstić information content (AvgIpc) is 2.39. The smallest absolute Gasteiger partial charge is 0.310 e. The highest BCUT2D eigenvalue weighted by atomic mass is 16.4. The second-order valence-corrected chi connectivity index (χ2v) is 5.96. The Hall–Kier alpha value is -0.860. The predicted molar refractivity (Wildman–Crippen MR) is 55.4 cm³/mol. The van der Waals surface area contributed by atoms with Crippen molar-refractivity contribution in [1.29, 1.82) is 0 Å². The van der Waals surface area contributed by atoms with Crippen LogP contribution < -0.4 is 0 Å². The van der Waals surface area contributed by atoms with Crippen LogP contribution in [0.2, 0.25) is 0 Å². The van der Waals surface area contributed by atoms with E-state index < -0.39 is 11.4 Å². The van der Waals surface area contributed by atoms with Crippen LogP contribution in [-0.2, 0) is 9.59 Å². The van der Waals surface area contributed by atoms with Gasteiger partial charge in [0.1, 0.15) is 5.78 Å². The summed E-state index contributed by atoms with van der Waals surface area (Å²) in [6, 6.07) is 0. The van der Waals surface area contributed by atoms with Gasteiger partial charge in [-0.1, -0.05) is 13.8 Å². The largest absolute Gasteiger partial charge is 0.481 e. The Bertz CT molecular complexity index is 309. The first-order chi connectivity index (χ1) is 6.86. The number of Topliss-reactive ketones (excluding diaryl/α,β-unsaturated/α-hetero) is 1. The van der Waals surface area contributed by atoms with E-state index in [1.54, 1.807) is 0 Å². The number of hydrogen-bond acceptors (Lipinski definition) is 2. The van der Waals surface area contributed by atoms with Gasteiger partial charge in [-0.15, -0.1) is 0 Å². The Kier molecular flexibility index (Phi) is 2.18. The van der Waals surface area contributed by atoms with Crippen molar-refractivity contribution in [2.45, 2.75) is 46.0 Å². The van der Waals surface area contributed by atoms with Crippen LogP contribution in [0.1, 0.15) is 46.0 Å². The molecule has 2 rings (SSSR count). The van der Waals surface area contributed by atoms with Crippen molar-refractivity contribution in [2.75, 3.05) is 0 Å². The third kappa shape index (κ3) is 1.58. The van der Waals surface area contributed by atoms with Crippen LogP contribution in [0.25, 0.3) is 0 Å². The van der Waals surface area contributed by atoms with E-state index in [4.69, 9.17) is 0 Å². The third-order valence-electron chi connectivity index (χ3n) is 4.20. The van der Waals surface area contributed by atoms with E-state index >= 15 is 0 Å². The van der Waals surface area contributed by atoms with Crippen LogP contribution in [0.15, 0.2) is 0 Å². The summed E-state index contributed by atoms with van der Waals surface area (Å²) in [4.78, 5) is 22.4. The molecule has 3 nitrogen and oxygen atoms in total. The number of carbonyl (C=O) groups is 2. The normalized spacial score (nSPS) is 32.4. The topological polar surface area (TPSA) is 54.4 Å². The number of carboxylic acids is 1. The van der Waals surface area contributed by atoms with Crippen molar-refractivity contribution in [1.82, 2.24) is 0 Å². The maximum atomic E-state index is 11.3. The SMILES string of the molecule is CC1(C)CCC(C2(C(=O)O)CC(=O)C2)C1. The lowest BCUT2D eigenvalue weighted by Gasteiger charge is -2.41. The van der Waals surface area contributed by atoms with Crippen molar-refractivity contribution in [2.24, 2.45) is 16.7 Å². The molecule has 2 saturated carbocycles. The van der Waals surface area contributed by atoms with Gasteiger partial charge in [-0.3, -0.25) is 9.59 Å². The summed E-state index contributed by atoms with van der Waals surface area (Å²) in [7, 11) is 0. The van der Waals surface area contributed by atoms with Gasteiger partial charge in [-0.2, -0.15) is 0 Å². The van der Waals surface area contributed by atoms with Gasteiger partial charge in [0.15, 0.2) is 0 Å². The highest BCUT2D eigenvalue weighted by Gasteiger charge is 2.57. The molecule has 0 aliphatic heterocycles. The molecule has 3 heteroatoms. The molecule has 0 aromatic rings. The van der Waals surface area contributed by atoms with Crippen LogP contribution in [0.5, 0.6) is 0 Å². The van der Waals surface area contributed by atoms with Crippen LogP contribution in [0, 0.1) is 16.7 Å². The number of rotatable bonds is 2. The molecule has 0 heterocycles. The lowest BCUT2D eigenvalue weighted by atomic mass is 9.59. The summed E-state index contributed by atoms with van der Waals surface area (Å²) < 4.78 is 0. The summed E-state index contributed by atoms with van der Waals surface area (Å²) in [5.74, 6) is -0.436. The van der Waals surface area contributed by atoms with Crippen molar-refractivity contribution < 1.29 is 14.7 Å². The van der Waals surface area contributed by atoms with E-state index in [1.807, 2.05) is 0 Å². The molecule has 1 unspecified atom stereocenters.